The summed E-state index contributed by atoms with van der Waals surface area (Å²) in [5.41, 5.74) is 2.05. The number of amides is 1. The number of esters is 1. The van der Waals surface area contributed by atoms with Gasteiger partial charge in [-0.1, -0.05) is 18.2 Å². The molecule has 0 radical (unpaired) electrons. The van der Waals surface area contributed by atoms with Crippen LogP contribution in [0.25, 0.3) is 0 Å². The Bertz CT molecular complexity index is 744. The lowest BCUT2D eigenvalue weighted by Gasteiger charge is -2.16. The number of carbonyl (C=O) groups excluding carboxylic acids is 2. The fourth-order valence-corrected chi connectivity index (χ4v) is 2.55. The first-order chi connectivity index (χ1) is 12.5. The second-order valence-electron chi connectivity index (χ2n) is 5.88. The van der Waals surface area contributed by atoms with E-state index < -0.39 is 5.92 Å². The Kier molecular flexibility index (Phi) is 7.14. The van der Waals surface area contributed by atoms with E-state index in [9.17, 15) is 9.59 Å². The number of hydrogen-bond donors (Lipinski definition) is 1. The number of carbonyl (C=O) groups is 2. The van der Waals surface area contributed by atoms with Gasteiger partial charge >= 0.3 is 5.97 Å². The van der Waals surface area contributed by atoms with Crippen molar-refractivity contribution in [1.29, 1.82) is 0 Å². The van der Waals surface area contributed by atoms with Gasteiger partial charge in [-0.05, 0) is 50.1 Å². The monoisotopic (exact) mass is 356 g/mol. The van der Waals surface area contributed by atoms with Gasteiger partial charge in [0, 0.05) is 12.2 Å². The largest absolute Gasteiger partial charge is 0.494 e. The van der Waals surface area contributed by atoms with Crippen LogP contribution in [0.4, 0.5) is 0 Å². The number of ether oxygens (including phenoxy) is 2. The van der Waals surface area contributed by atoms with E-state index in [1.165, 1.54) is 7.11 Å². The highest BCUT2D eigenvalue weighted by Gasteiger charge is 2.21. The van der Waals surface area contributed by atoms with E-state index in [2.05, 4.69) is 10.3 Å². The van der Waals surface area contributed by atoms with Gasteiger partial charge in [-0.25, -0.2) is 4.98 Å². The fraction of sp³-hybridized carbons (Fsp3) is 0.350. The smallest absolute Gasteiger partial charge is 0.310 e. The van der Waals surface area contributed by atoms with Gasteiger partial charge < -0.3 is 14.8 Å². The van der Waals surface area contributed by atoms with Crippen molar-refractivity contribution in [3.05, 3.63) is 59.4 Å². The molecule has 1 atom stereocenters. The minimum Gasteiger partial charge on any atom is -0.494 e. The molecule has 0 fully saturated rings. The van der Waals surface area contributed by atoms with E-state index >= 15 is 0 Å². The molecule has 0 saturated heterocycles. The molecule has 1 aromatic carbocycles. The zero-order chi connectivity index (χ0) is 18.9. The summed E-state index contributed by atoms with van der Waals surface area (Å²) in [5, 5.41) is 2.77. The summed E-state index contributed by atoms with van der Waals surface area (Å²) in [6, 6.07) is 12.8. The molecule has 138 valence electrons. The number of aryl methyl sites for hydroxylation is 1. The summed E-state index contributed by atoms with van der Waals surface area (Å²) < 4.78 is 10.3. The van der Waals surface area contributed by atoms with Gasteiger partial charge in [-0.15, -0.1) is 0 Å². The van der Waals surface area contributed by atoms with Crippen molar-refractivity contribution in [1.82, 2.24) is 10.3 Å². The third-order valence-electron chi connectivity index (χ3n) is 3.88. The second kappa shape index (κ2) is 9.56. The van der Waals surface area contributed by atoms with Gasteiger partial charge in [0.2, 0.25) is 0 Å². The molecular weight excluding hydrogens is 332 g/mol. The quantitative estimate of drug-likeness (QED) is 0.736. The average Bonchev–Trinajstić information content (AvgIpc) is 2.65. The summed E-state index contributed by atoms with van der Waals surface area (Å²) >= 11 is 0. The molecule has 2 rings (SSSR count). The third-order valence-corrected chi connectivity index (χ3v) is 3.88. The van der Waals surface area contributed by atoms with Gasteiger partial charge in [0.1, 0.15) is 11.4 Å². The molecule has 1 heterocycles. The number of methoxy groups -OCH3 is 1. The molecule has 0 aliphatic carbocycles. The van der Waals surface area contributed by atoms with E-state index in [-0.39, 0.29) is 18.4 Å². The molecule has 0 bridgehead atoms. The van der Waals surface area contributed by atoms with Crippen LogP contribution in [0, 0.1) is 12.8 Å². The predicted octanol–water partition coefficient (Wildman–Crippen LogP) is 2.55. The maximum absolute atomic E-state index is 12.2. The van der Waals surface area contributed by atoms with E-state index in [1.54, 1.807) is 12.1 Å². The SMILES string of the molecule is CCOc1ccc(CC(CNC(=O)c2cccc(C)n2)C(=O)OC)cc1. The summed E-state index contributed by atoms with van der Waals surface area (Å²) in [5.74, 6) is -0.373. The summed E-state index contributed by atoms with van der Waals surface area (Å²) in [6.45, 7) is 4.52. The Morgan fingerprint density at radius 1 is 1.15 bits per heavy atom. The number of nitrogens with one attached hydrogen (secondary N) is 1. The van der Waals surface area contributed by atoms with Crippen LogP contribution in [-0.2, 0) is 16.0 Å². The maximum atomic E-state index is 12.2. The van der Waals surface area contributed by atoms with E-state index in [0.29, 0.717) is 18.7 Å². The Morgan fingerprint density at radius 2 is 1.88 bits per heavy atom. The predicted molar refractivity (Wildman–Crippen MR) is 98.1 cm³/mol. The highest BCUT2D eigenvalue weighted by Crippen LogP contribution is 2.16. The molecule has 2 aromatic rings. The minimum absolute atomic E-state index is 0.175. The van der Waals surface area contributed by atoms with E-state index in [1.807, 2.05) is 44.2 Å². The van der Waals surface area contributed by atoms with E-state index in [0.717, 1.165) is 17.0 Å². The standard InChI is InChI=1S/C20H24N2O4/c1-4-26-17-10-8-15(9-11-17)12-16(20(24)25-3)13-21-19(23)18-7-5-6-14(2)22-18/h5-11,16H,4,12-13H2,1-3H3,(H,21,23). The molecule has 26 heavy (non-hydrogen) atoms. The van der Waals surface area contributed by atoms with Gasteiger partial charge in [-0.2, -0.15) is 0 Å². The number of hydrogen-bond acceptors (Lipinski definition) is 5. The number of pyridine rings is 1. The normalized spacial score (nSPS) is 11.5. The topological polar surface area (TPSA) is 77.5 Å². The summed E-state index contributed by atoms with van der Waals surface area (Å²) in [4.78, 5) is 28.5. The second-order valence-corrected chi connectivity index (χ2v) is 5.88. The van der Waals surface area contributed by atoms with Crippen LogP contribution in [0.2, 0.25) is 0 Å². The molecule has 1 unspecified atom stereocenters. The van der Waals surface area contributed by atoms with Crippen LogP contribution in [0.15, 0.2) is 42.5 Å². The lowest BCUT2D eigenvalue weighted by Crippen LogP contribution is -2.35. The van der Waals surface area contributed by atoms with Crippen LogP contribution in [0.3, 0.4) is 0 Å². The van der Waals surface area contributed by atoms with Crippen molar-refractivity contribution in [2.75, 3.05) is 20.3 Å². The summed E-state index contributed by atoms with van der Waals surface area (Å²) in [6.07, 6.45) is 0.459. The van der Waals surface area contributed by atoms with Crippen molar-refractivity contribution < 1.29 is 19.1 Å². The van der Waals surface area contributed by atoms with Crippen molar-refractivity contribution in [3.8, 4) is 5.75 Å². The molecule has 0 saturated carbocycles. The molecule has 0 spiro atoms. The Morgan fingerprint density at radius 3 is 2.50 bits per heavy atom. The highest BCUT2D eigenvalue weighted by atomic mass is 16.5. The lowest BCUT2D eigenvalue weighted by molar-refractivity contribution is -0.145. The van der Waals surface area contributed by atoms with Gasteiger partial charge in [-0.3, -0.25) is 9.59 Å². The molecule has 1 N–H and O–H groups in total. The van der Waals surface area contributed by atoms with Crippen LogP contribution < -0.4 is 10.1 Å². The number of aromatic nitrogens is 1. The number of nitrogens with zero attached hydrogens (tertiary/aromatic N) is 1. The van der Waals surface area contributed by atoms with Crippen LogP contribution in [-0.4, -0.2) is 37.1 Å². The molecule has 6 heteroatoms. The number of rotatable bonds is 8. The zero-order valence-electron chi connectivity index (χ0n) is 15.3. The maximum Gasteiger partial charge on any atom is 0.310 e. The van der Waals surface area contributed by atoms with Gasteiger partial charge in [0.05, 0.1) is 19.6 Å². The Balaban J connectivity index is 2.00. The first-order valence-electron chi connectivity index (χ1n) is 8.55. The van der Waals surface area contributed by atoms with Crippen LogP contribution >= 0.6 is 0 Å². The van der Waals surface area contributed by atoms with Crippen molar-refractivity contribution in [2.24, 2.45) is 5.92 Å². The van der Waals surface area contributed by atoms with E-state index in [4.69, 9.17) is 9.47 Å². The first kappa shape index (κ1) is 19.4. The van der Waals surface area contributed by atoms with Crippen molar-refractivity contribution in [3.63, 3.8) is 0 Å². The minimum atomic E-state index is -0.480. The van der Waals surface area contributed by atoms with Crippen molar-refractivity contribution in [2.45, 2.75) is 20.3 Å². The van der Waals surface area contributed by atoms with Crippen LogP contribution in [0.1, 0.15) is 28.7 Å². The molecule has 0 aliphatic heterocycles. The Hall–Kier alpha value is -2.89. The average molecular weight is 356 g/mol. The molecule has 0 aliphatic rings. The third kappa shape index (κ3) is 5.58. The zero-order valence-corrected chi connectivity index (χ0v) is 15.3. The van der Waals surface area contributed by atoms with Gasteiger partial charge in [0.15, 0.2) is 0 Å². The Labute approximate surface area is 153 Å². The fourth-order valence-electron chi connectivity index (χ4n) is 2.55. The lowest BCUT2D eigenvalue weighted by atomic mass is 9.99. The molecular formula is C20H24N2O4. The first-order valence-corrected chi connectivity index (χ1v) is 8.55. The highest BCUT2D eigenvalue weighted by molar-refractivity contribution is 5.92. The van der Waals surface area contributed by atoms with Crippen molar-refractivity contribution >= 4 is 11.9 Å². The molecule has 1 amide bonds. The molecule has 6 nitrogen and oxygen atoms in total. The van der Waals surface area contributed by atoms with Gasteiger partial charge in [0.25, 0.3) is 5.91 Å². The summed E-state index contributed by atoms with van der Waals surface area (Å²) in [7, 11) is 1.34. The number of benzene rings is 1. The molecule has 1 aromatic heterocycles. The van der Waals surface area contributed by atoms with Crippen LogP contribution in [0.5, 0.6) is 5.75 Å².